The summed E-state index contributed by atoms with van der Waals surface area (Å²) in [5.41, 5.74) is 1.11. The summed E-state index contributed by atoms with van der Waals surface area (Å²) in [5, 5.41) is 4.26. The summed E-state index contributed by atoms with van der Waals surface area (Å²) in [4.78, 5) is 27.3. The van der Waals surface area contributed by atoms with Crippen molar-refractivity contribution < 1.29 is 14.3 Å². The maximum atomic E-state index is 13.0. The highest BCUT2D eigenvalue weighted by Gasteiger charge is 2.32. The molecule has 0 bridgehead atoms. The molecule has 3 heterocycles. The van der Waals surface area contributed by atoms with Gasteiger partial charge in [-0.05, 0) is 43.2 Å². The van der Waals surface area contributed by atoms with Crippen LogP contribution in [0.5, 0.6) is 11.5 Å². The number of carbonyl (C=O) groups excluding carboxylic acids is 1. The van der Waals surface area contributed by atoms with Gasteiger partial charge in [-0.1, -0.05) is 6.07 Å². The summed E-state index contributed by atoms with van der Waals surface area (Å²) in [7, 11) is 3.22. The van der Waals surface area contributed by atoms with E-state index in [2.05, 4.69) is 5.10 Å². The average molecular weight is 382 g/mol. The van der Waals surface area contributed by atoms with E-state index in [4.69, 9.17) is 9.47 Å². The molecule has 146 valence electrons. The van der Waals surface area contributed by atoms with Crippen LogP contribution in [-0.4, -0.2) is 45.8 Å². The van der Waals surface area contributed by atoms with Crippen molar-refractivity contribution in [2.75, 3.05) is 20.8 Å². The first kappa shape index (κ1) is 18.1. The Morgan fingerprint density at radius 3 is 2.82 bits per heavy atom. The second kappa shape index (κ2) is 7.38. The number of methoxy groups -OCH3 is 2. The molecule has 0 saturated carbocycles. The summed E-state index contributed by atoms with van der Waals surface area (Å²) >= 11 is 0. The van der Waals surface area contributed by atoms with Crippen molar-refractivity contribution in [2.24, 2.45) is 0 Å². The molecule has 1 saturated heterocycles. The largest absolute Gasteiger partial charge is 0.497 e. The molecule has 4 rings (SSSR count). The van der Waals surface area contributed by atoms with Gasteiger partial charge in [-0.3, -0.25) is 9.20 Å². The van der Waals surface area contributed by atoms with Gasteiger partial charge in [0.25, 0.3) is 0 Å². The Balaban J connectivity index is 1.62. The SMILES string of the molecule is COc1ccc(OC)c(C2CCCN2C(=O)Cn2nc3ccccn3c2=O)c1. The van der Waals surface area contributed by atoms with Crippen molar-refractivity contribution in [3.05, 3.63) is 58.6 Å². The zero-order valence-corrected chi connectivity index (χ0v) is 15.9. The molecule has 1 atom stereocenters. The molecule has 1 aliphatic rings. The lowest BCUT2D eigenvalue weighted by molar-refractivity contribution is -0.133. The van der Waals surface area contributed by atoms with Gasteiger partial charge in [-0.25, -0.2) is 9.48 Å². The van der Waals surface area contributed by atoms with E-state index < -0.39 is 0 Å². The predicted octanol–water partition coefficient (Wildman–Crippen LogP) is 1.88. The number of carbonyl (C=O) groups is 1. The fourth-order valence-electron chi connectivity index (χ4n) is 3.78. The van der Waals surface area contributed by atoms with E-state index in [0.717, 1.165) is 24.2 Å². The molecule has 0 aliphatic carbocycles. The predicted molar refractivity (Wildman–Crippen MR) is 103 cm³/mol. The van der Waals surface area contributed by atoms with Gasteiger partial charge in [0.1, 0.15) is 18.0 Å². The van der Waals surface area contributed by atoms with Gasteiger partial charge < -0.3 is 14.4 Å². The third-order valence-corrected chi connectivity index (χ3v) is 5.14. The minimum Gasteiger partial charge on any atom is -0.497 e. The van der Waals surface area contributed by atoms with Gasteiger partial charge in [0.2, 0.25) is 5.91 Å². The first-order chi connectivity index (χ1) is 13.6. The zero-order chi connectivity index (χ0) is 19.7. The number of pyridine rings is 1. The number of benzene rings is 1. The fraction of sp³-hybridized carbons (Fsp3) is 0.350. The first-order valence-corrected chi connectivity index (χ1v) is 9.18. The zero-order valence-electron chi connectivity index (χ0n) is 15.9. The molecular formula is C20H22N4O4. The Bertz CT molecular complexity index is 1070. The normalized spacial score (nSPS) is 16.5. The minimum absolute atomic E-state index is 0.0940. The lowest BCUT2D eigenvalue weighted by Crippen LogP contribution is -2.36. The number of fused-ring (bicyclic) bond motifs is 1. The Morgan fingerprint density at radius 2 is 2.07 bits per heavy atom. The quantitative estimate of drug-likeness (QED) is 0.673. The lowest BCUT2D eigenvalue weighted by Gasteiger charge is -2.26. The van der Waals surface area contributed by atoms with E-state index in [1.54, 1.807) is 43.5 Å². The molecular weight excluding hydrogens is 360 g/mol. The summed E-state index contributed by atoms with van der Waals surface area (Å²) in [6, 6.07) is 10.8. The third-order valence-electron chi connectivity index (χ3n) is 5.14. The number of hydrogen-bond donors (Lipinski definition) is 0. The molecule has 1 amide bonds. The second-order valence-corrected chi connectivity index (χ2v) is 6.72. The van der Waals surface area contributed by atoms with Gasteiger partial charge in [-0.15, -0.1) is 5.10 Å². The van der Waals surface area contributed by atoms with Crippen molar-refractivity contribution in [3.63, 3.8) is 0 Å². The summed E-state index contributed by atoms with van der Waals surface area (Å²) < 4.78 is 13.5. The van der Waals surface area contributed by atoms with Crippen molar-refractivity contribution in [3.8, 4) is 11.5 Å². The first-order valence-electron chi connectivity index (χ1n) is 9.18. The van der Waals surface area contributed by atoms with Crippen LogP contribution in [0.25, 0.3) is 5.65 Å². The highest BCUT2D eigenvalue weighted by molar-refractivity contribution is 5.77. The van der Waals surface area contributed by atoms with Gasteiger partial charge in [0.15, 0.2) is 5.65 Å². The molecule has 3 aromatic rings. The van der Waals surface area contributed by atoms with Gasteiger partial charge in [-0.2, -0.15) is 0 Å². The van der Waals surface area contributed by atoms with Crippen molar-refractivity contribution >= 4 is 11.6 Å². The van der Waals surface area contributed by atoms with E-state index in [9.17, 15) is 9.59 Å². The van der Waals surface area contributed by atoms with E-state index in [-0.39, 0.29) is 24.2 Å². The smallest absolute Gasteiger partial charge is 0.350 e. The number of likely N-dealkylation sites (tertiary alicyclic amines) is 1. The van der Waals surface area contributed by atoms with Crippen LogP contribution in [-0.2, 0) is 11.3 Å². The van der Waals surface area contributed by atoms with Gasteiger partial charge in [0, 0.05) is 18.3 Å². The van der Waals surface area contributed by atoms with Gasteiger partial charge in [0.05, 0.1) is 20.3 Å². The van der Waals surface area contributed by atoms with Crippen LogP contribution < -0.4 is 15.2 Å². The van der Waals surface area contributed by atoms with Crippen LogP contribution in [0.15, 0.2) is 47.4 Å². The van der Waals surface area contributed by atoms with Gasteiger partial charge >= 0.3 is 5.69 Å². The maximum absolute atomic E-state index is 13.0. The molecule has 1 aliphatic heterocycles. The molecule has 1 fully saturated rings. The summed E-state index contributed by atoms with van der Waals surface area (Å²) in [6.07, 6.45) is 3.36. The highest BCUT2D eigenvalue weighted by atomic mass is 16.5. The number of rotatable bonds is 5. The second-order valence-electron chi connectivity index (χ2n) is 6.72. The van der Waals surface area contributed by atoms with Crippen molar-refractivity contribution in [1.82, 2.24) is 19.1 Å². The van der Waals surface area contributed by atoms with E-state index in [1.807, 2.05) is 18.2 Å². The molecule has 28 heavy (non-hydrogen) atoms. The molecule has 8 nitrogen and oxygen atoms in total. The average Bonchev–Trinajstić information content (AvgIpc) is 3.33. The van der Waals surface area contributed by atoms with Crippen LogP contribution in [0.4, 0.5) is 0 Å². The van der Waals surface area contributed by atoms with Crippen molar-refractivity contribution in [2.45, 2.75) is 25.4 Å². The molecule has 0 spiro atoms. The molecule has 0 radical (unpaired) electrons. The number of nitrogens with zero attached hydrogens (tertiary/aromatic N) is 4. The Morgan fingerprint density at radius 1 is 1.21 bits per heavy atom. The lowest BCUT2D eigenvalue weighted by atomic mass is 10.0. The Labute approximate surface area is 161 Å². The number of hydrogen-bond acceptors (Lipinski definition) is 5. The van der Waals surface area contributed by atoms with E-state index in [0.29, 0.717) is 17.9 Å². The number of amides is 1. The molecule has 2 aromatic heterocycles. The van der Waals surface area contributed by atoms with E-state index in [1.165, 1.54) is 9.08 Å². The number of ether oxygens (including phenoxy) is 2. The van der Waals surface area contributed by atoms with Crippen molar-refractivity contribution in [1.29, 1.82) is 0 Å². The highest BCUT2D eigenvalue weighted by Crippen LogP contribution is 2.38. The minimum atomic E-state index is -0.321. The van der Waals surface area contributed by atoms with Crippen LogP contribution >= 0.6 is 0 Å². The van der Waals surface area contributed by atoms with E-state index >= 15 is 0 Å². The maximum Gasteiger partial charge on any atom is 0.350 e. The standard InChI is InChI=1S/C20H22N4O4/c1-27-14-8-9-17(28-2)15(12-14)16-6-5-11-22(16)19(25)13-24-20(26)23-10-4-3-7-18(23)21-24/h3-4,7-10,12,16H,5-6,11,13H2,1-2H3. The van der Waals surface area contributed by atoms with Crippen LogP contribution in [0.2, 0.25) is 0 Å². The summed E-state index contributed by atoms with van der Waals surface area (Å²) in [5.74, 6) is 1.29. The molecule has 8 heteroatoms. The number of aromatic nitrogens is 3. The Hall–Kier alpha value is -3.29. The Kier molecular flexibility index (Phi) is 4.77. The van der Waals surface area contributed by atoms with Crippen LogP contribution in [0.3, 0.4) is 0 Å². The fourth-order valence-corrected chi connectivity index (χ4v) is 3.78. The third kappa shape index (κ3) is 3.11. The van der Waals surface area contributed by atoms with Crippen LogP contribution in [0, 0.1) is 0 Å². The topological polar surface area (TPSA) is 78.1 Å². The monoisotopic (exact) mass is 382 g/mol. The summed E-state index contributed by atoms with van der Waals surface area (Å²) in [6.45, 7) is 0.537. The molecule has 1 aromatic carbocycles. The molecule has 0 N–H and O–H groups in total. The van der Waals surface area contributed by atoms with Crippen LogP contribution in [0.1, 0.15) is 24.4 Å². The molecule has 1 unspecified atom stereocenters.